The van der Waals surface area contributed by atoms with Gasteiger partial charge in [-0.3, -0.25) is 9.48 Å². The van der Waals surface area contributed by atoms with E-state index >= 15 is 0 Å². The number of amides is 1. The van der Waals surface area contributed by atoms with Crippen molar-refractivity contribution in [3.8, 4) is 11.3 Å². The fourth-order valence-corrected chi connectivity index (χ4v) is 5.45. The Balaban J connectivity index is 1.26. The fourth-order valence-electron chi connectivity index (χ4n) is 4.20. The summed E-state index contributed by atoms with van der Waals surface area (Å²) in [6.45, 7) is 5.25. The maximum atomic E-state index is 12.7. The van der Waals surface area contributed by atoms with Gasteiger partial charge < -0.3 is 19.7 Å². The van der Waals surface area contributed by atoms with E-state index in [1.165, 1.54) is 0 Å². The quantitative estimate of drug-likeness (QED) is 0.444. The highest BCUT2D eigenvalue weighted by Crippen LogP contribution is 2.25. The minimum Gasteiger partial charge on any atom is -0.380 e. The molecule has 0 aliphatic carbocycles. The van der Waals surface area contributed by atoms with Crippen LogP contribution in [0.4, 0.5) is 11.6 Å². The average Bonchev–Trinajstić information content (AvgIpc) is 3.57. The van der Waals surface area contributed by atoms with Gasteiger partial charge in [0.1, 0.15) is 6.54 Å². The third-order valence-electron chi connectivity index (χ3n) is 6.21. The summed E-state index contributed by atoms with van der Waals surface area (Å²) in [5.74, 6) is 0.350. The molecule has 0 radical (unpaired) electrons. The summed E-state index contributed by atoms with van der Waals surface area (Å²) < 4.78 is 40.2. The molecule has 5 rings (SSSR count). The van der Waals surface area contributed by atoms with Crippen LogP contribution < -0.4 is 10.0 Å². The van der Waals surface area contributed by atoms with Crippen LogP contribution in [0.2, 0.25) is 0 Å². The van der Waals surface area contributed by atoms with Gasteiger partial charge in [0.15, 0.2) is 0 Å². The topological polar surface area (TPSA) is 141 Å². The lowest BCUT2D eigenvalue weighted by atomic mass is 10.1. The number of hydrogen-bond acceptors (Lipinski definition) is 9. The number of carbonyl (C=O) groups excluding carboxylic acids is 1. The highest BCUT2D eigenvalue weighted by atomic mass is 32.2. The van der Waals surface area contributed by atoms with Gasteiger partial charge in [-0.1, -0.05) is 12.1 Å². The maximum absolute atomic E-state index is 12.7. The van der Waals surface area contributed by atoms with Gasteiger partial charge in [-0.15, -0.1) is 0 Å². The van der Waals surface area contributed by atoms with Crippen LogP contribution in [-0.2, 0) is 30.8 Å². The van der Waals surface area contributed by atoms with E-state index < -0.39 is 10.0 Å². The van der Waals surface area contributed by atoms with E-state index in [0.29, 0.717) is 63.3 Å². The van der Waals surface area contributed by atoms with E-state index in [4.69, 9.17) is 9.47 Å². The van der Waals surface area contributed by atoms with Crippen molar-refractivity contribution < 1.29 is 22.7 Å². The molecule has 3 aromatic rings. The fraction of sp³-hybridized carbons (Fsp3) is 0.417. The van der Waals surface area contributed by atoms with E-state index in [2.05, 4.69) is 25.1 Å². The average molecular weight is 528 g/mol. The number of nitrogens with zero attached hydrogens (tertiary/aromatic N) is 5. The zero-order valence-corrected chi connectivity index (χ0v) is 21.3. The summed E-state index contributed by atoms with van der Waals surface area (Å²) >= 11 is 0. The van der Waals surface area contributed by atoms with Crippen molar-refractivity contribution in [2.75, 3.05) is 44.8 Å². The largest absolute Gasteiger partial charge is 0.380 e. The van der Waals surface area contributed by atoms with Crippen LogP contribution in [-0.4, -0.2) is 84.5 Å². The number of hydrogen-bond donors (Lipinski definition) is 2. The summed E-state index contributed by atoms with van der Waals surface area (Å²) in [5.41, 5.74) is 2.92. The first-order valence-electron chi connectivity index (χ1n) is 12.1. The third-order valence-corrected chi connectivity index (χ3v) is 7.75. The summed E-state index contributed by atoms with van der Waals surface area (Å²) in [7, 11) is -3.63. The van der Waals surface area contributed by atoms with Gasteiger partial charge >= 0.3 is 0 Å². The van der Waals surface area contributed by atoms with Gasteiger partial charge in [-0.25, -0.2) is 23.1 Å². The van der Waals surface area contributed by atoms with E-state index in [-0.39, 0.29) is 23.4 Å². The Labute approximate surface area is 215 Å². The van der Waals surface area contributed by atoms with Crippen LogP contribution in [0.15, 0.2) is 47.8 Å². The van der Waals surface area contributed by atoms with Gasteiger partial charge in [0.05, 0.1) is 42.3 Å². The molecule has 2 aliphatic rings. The Morgan fingerprint density at radius 1 is 1.11 bits per heavy atom. The molecule has 1 aromatic carbocycles. The normalized spacial score (nSPS) is 18.2. The molecule has 13 heteroatoms. The lowest BCUT2D eigenvalue weighted by molar-refractivity contribution is -0.136. The summed E-state index contributed by atoms with van der Waals surface area (Å²) in [5, 5.41) is 7.39. The van der Waals surface area contributed by atoms with E-state index in [1.54, 1.807) is 52.4 Å². The third kappa shape index (κ3) is 6.13. The summed E-state index contributed by atoms with van der Waals surface area (Å²) in [6.07, 6.45) is 5.69. The zero-order valence-electron chi connectivity index (χ0n) is 20.5. The molecular weight excluding hydrogens is 498 g/mol. The van der Waals surface area contributed by atoms with Crippen LogP contribution in [0.25, 0.3) is 11.3 Å². The second kappa shape index (κ2) is 10.9. The molecule has 12 nitrogen and oxygen atoms in total. The molecular formula is C24H29N7O5S. The molecule has 0 spiro atoms. The predicted molar refractivity (Wildman–Crippen MR) is 135 cm³/mol. The number of anilines is 2. The molecule has 2 N–H and O–H groups in total. The van der Waals surface area contributed by atoms with Gasteiger partial charge in [-0.2, -0.15) is 5.10 Å². The Morgan fingerprint density at radius 3 is 2.62 bits per heavy atom. The van der Waals surface area contributed by atoms with Crippen molar-refractivity contribution in [2.24, 2.45) is 0 Å². The Kier molecular flexibility index (Phi) is 7.46. The molecule has 1 amide bonds. The molecule has 2 fully saturated rings. The standard InChI is InChI=1S/C24H29N7O5S/c1-17-12-25-24(27-20-13-26-31(14-20)15-22(32)30-7-10-35-11-8-30)28-23(17)18-2-4-21(5-3-18)37(33,34)29-19-6-9-36-16-19/h2-5,12-14,19,29H,6-11,15-16H2,1H3,(H,25,27,28). The van der Waals surface area contributed by atoms with Crippen LogP contribution in [0, 0.1) is 6.92 Å². The Bertz CT molecular complexity index is 1350. The number of nitrogens with one attached hydrogen (secondary N) is 2. The first-order valence-corrected chi connectivity index (χ1v) is 13.5. The van der Waals surface area contributed by atoms with Gasteiger partial charge in [-0.05, 0) is 31.0 Å². The van der Waals surface area contributed by atoms with Crippen LogP contribution in [0.1, 0.15) is 12.0 Å². The van der Waals surface area contributed by atoms with Crippen molar-refractivity contribution in [2.45, 2.75) is 30.8 Å². The molecule has 0 bridgehead atoms. The SMILES string of the molecule is Cc1cnc(Nc2cnn(CC(=O)N3CCOCC3)c2)nc1-c1ccc(S(=O)(=O)NC2CCOC2)cc1. The summed E-state index contributed by atoms with van der Waals surface area (Å²) in [4.78, 5) is 23.4. The van der Waals surface area contributed by atoms with Crippen molar-refractivity contribution in [1.29, 1.82) is 0 Å². The van der Waals surface area contributed by atoms with E-state index in [1.807, 2.05) is 6.92 Å². The van der Waals surface area contributed by atoms with Crippen molar-refractivity contribution in [1.82, 2.24) is 29.4 Å². The minimum atomic E-state index is -3.63. The number of sulfonamides is 1. The summed E-state index contributed by atoms with van der Waals surface area (Å²) in [6, 6.07) is 6.39. The minimum absolute atomic E-state index is 0.0101. The number of benzene rings is 1. The van der Waals surface area contributed by atoms with Crippen molar-refractivity contribution >= 4 is 27.6 Å². The molecule has 2 aromatic heterocycles. The second-order valence-corrected chi connectivity index (χ2v) is 10.7. The molecule has 4 heterocycles. The number of ether oxygens (including phenoxy) is 2. The van der Waals surface area contributed by atoms with Crippen LogP contribution in [0.5, 0.6) is 0 Å². The molecule has 1 unspecified atom stereocenters. The second-order valence-electron chi connectivity index (χ2n) is 8.98. The molecule has 37 heavy (non-hydrogen) atoms. The Hall–Kier alpha value is -3.39. The number of rotatable bonds is 8. The molecule has 0 saturated carbocycles. The lowest BCUT2D eigenvalue weighted by Gasteiger charge is -2.26. The first-order chi connectivity index (χ1) is 17.9. The Morgan fingerprint density at radius 2 is 1.89 bits per heavy atom. The molecule has 2 aliphatic heterocycles. The molecule has 196 valence electrons. The lowest BCUT2D eigenvalue weighted by Crippen LogP contribution is -2.42. The van der Waals surface area contributed by atoms with E-state index in [0.717, 1.165) is 11.1 Å². The number of aromatic nitrogens is 4. The molecule has 1 atom stereocenters. The number of carbonyl (C=O) groups is 1. The highest BCUT2D eigenvalue weighted by molar-refractivity contribution is 7.89. The molecule has 2 saturated heterocycles. The van der Waals surface area contributed by atoms with Crippen LogP contribution in [0.3, 0.4) is 0 Å². The zero-order chi connectivity index (χ0) is 25.8. The first kappa shape index (κ1) is 25.3. The van der Waals surface area contributed by atoms with Crippen molar-refractivity contribution in [3.63, 3.8) is 0 Å². The monoisotopic (exact) mass is 527 g/mol. The number of aryl methyl sites for hydroxylation is 1. The van der Waals surface area contributed by atoms with Crippen molar-refractivity contribution in [3.05, 3.63) is 48.4 Å². The van der Waals surface area contributed by atoms with Crippen LogP contribution >= 0.6 is 0 Å². The van der Waals surface area contributed by atoms with Gasteiger partial charge in [0.25, 0.3) is 0 Å². The predicted octanol–water partition coefficient (Wildman–Crippen LogP) is 1.32. The van der Waals surface area contributed by atoms with Gasteiger partial charge in [0.2, 0.25) is 21.9 Å². The maximum Gasteiger partial charge on any atom is 0.244 e. The van der Waals surface area contributed by atoms with E-state index in [9.17, 15) is 13.2 Å². The highest BCUT2D eigenvalue weighted by Gasteiger charge is 2.23. The number of morpholine rings is 1. The smallest absolute Gasteiger partial charge is 0.244 e. The van der Waals surface area contributed by atoms with Gasteiger partial charge in [0, 0.05) is 43.7 Å².